The van der Waals surface area contributed by atoms with Crippen LogP contribution in [-0.2, 0) is 35.1 Å². The Bertz CT molecular complexity index is 1690. The van der Waals surface area contributed by atoms with Crippen molar-refractivity contribution in [3.63, 3.8) is 0 Å². The van der Waals surface area contributed by atoms with Gasteiger partial charge in [0.25, 0.3) is 5.91 Å². The van der Waals surface area contributed by atoms with Crippen molar-refractivity contribution in [1.82, 2.24) is 0 Å². The summed E-state index contributed by atoms with van der Waals surface area (Å²) in [6, 6.07) is 15.8. The Labute approximate surface area is 285 Å². The number of fused-ring (bicyclic) bond motifs is 1. The average molecular weight is 681 g/mol. The Hall–Kier alpha value is -4.61. The topological polar surface area (TPSA) is 141 Å². The molecule has 0 spiro atoms. The monoisotopic (exact) mass is 680 g/mol. The summed E-state index contributed by atoms with van der Waals surface area (Å²) in [5, 5.41) is 12.3. The van der Waals surface area contributed by atoms with Gasteiger partial charge in [-0.3, -0.25) is 19.2 Å². The summed E-state index contributed by atoms with van der Waals surface area (Å²) in [6.07, 6.45) is -2.13. The van der Waals surface area contributed by atoms with Gasteiger partial charge in [-0.1, -0.05) is 49.7 Å². The van der Waals surface area contributed by atoms with Crippen LogP contribution in [0.15, 0.2) is 54.6 Å². The van der Waals surface area contributed by atoms with Gasteiger partial charge in [0.05, 0.1) is 27.2 Å². The van der Waals surface area contributed by atoms with Crippen LogP contribution in [0.2, 0.25) is 5.02 Å². The van der Waals surface area contributed by atoms with Crippen molar-refractivity contribution in [2.45, 2.75) is 59.2 Å². The zero-order chi connectivity index (χ0) is 35.2. The standard InChI is InChI=1S/C36H41ClN2O9/c1-21-16-23(11-15-32(42)43)10-13-27(21)38-31(41)18-30-35(44)39(19-36(3,4)20-47-22(2)40)28-14-12-24(37)17-26(28)33(48-30)25-8-7-9-29(45-5)34(25)46-6/h7-10,12-14,16-17,30,33H,11,15,18-20H2,1-6H3,(H,38,41)(H,42,43). The number of ether oxygens (including phenoxy) is 4. The molecule has 1 aliphatic rings. The van der Waals surface area contributed by atoms with Gasteiger partial charge in [0.1, 0.15) is 12.2 Å². The van der Waals surface area contributed by atoms with Gasteiger partial charge in [-0.25, -0.2) is 0 Å². The third kappa shape index (κ3) is 8.84. The predicted molar refractivity (Wildman–Crippen MR) is 181 cm³/mol. The highest BCUT2D eigenvalue weighted by Crippen LogP contribution is 2.45. The zero-order valence-electron chi connectivity index (χ0n) is 27.9. The predicted octanol–water partition coefficient (Wildman–Crippen LogP) is 6.12. The third-order valence-electron chi connectivity index (χ3n) is 7.94. The molecule has 0 saturated heterocycles. The minimum Gasteiger partial charge on any atom is -0.493 e. The number of aliphatic carboxylic acids is 1. The molecule has 2 N–H and O–H groups in total. The smallest absolute Gasteiger partial charge is 0.303 e. The van der Waals surface area contributed by atoms with E-state index in [1.165, 1.54) is 21.1 Å². The van der Waals surface area contributed by atoms with Crippen molar-refractivity contribution in [3.8, 4) is 11.5 Å². The molecule has 12 heteroatoms. The number of hydrogen-bond acceptors (Lipinski definition) is 8. The Morgan fingerprint density at radius 1 is 1.04 bits per heavy atom. The molecule has 0 radical (unpaired) electrons. The van der Waals surface area contributed by atoms with E-state index in [2.05, 4.69) is 5.32 Å². The summed E-state index contributed by atoms with van der Waals surface area (Å²) in [6.45, 7) is 7.06. The van der Waals surface area contributed by atoms with Gasteiger partial charge in [-0.05, 0) is 54.8 Å². The Morgan fingerprint density at radius 3 is 2.44 bits per heavy atom. The maximum absolute atomic E-state index is 14.5. The molecule has 1 aliphatic heterocycles. The fourth-order valence-electron chi connectivity index (χ4n) is 5.64. The van der Waals surface area contributed by atoms with Crippen LogP contribution in [0, 0.1) is 12.3 Å². The lowest BCUT2D eigenvalue weighted by Gasteiger charge is -2.33. The molecule has 2 atom stereocenters. The Kier molecular flexibility index (Phi) is 11.7. The van der Waals surface area contributed by atoms with E-state index in [0.29, 0.717) is 45.4 Å². The van der Waals surface area contributed by atoms with Crippen LogP contribution in [0.3, 0.4) is 0 Å². The number of aryl methyl sites for hydroxylation is 2. The number of anilines is 2. The van der Waals surface area contributed by atoms with E-state index in [9.17, 15) is 19.2 Å². The number of esters is 1. The van der Waals surface area contributed by atoms with Crippen LogP contribution in [0.4, 0.5) is 11.4 Å². The minimum atomic E-state index is -1.25. The molecule has 256 valence electrons. The van der Waals surface area contributed by atoms with Crippen LogP contribution >= 0.6 is 11.6 Å². The number of hydrogen-bond donors (Lipinski definition) is 2. The lowest BCUT2D eigenvalue weighted by molar-refractivity contribution is -0.144. The Balaban J connectivity index is 1.75. The van der Waals surface area contributed by atoms with Crippen molar-refractivity contribution in [2.75, 3.05) is 37.6 Å². The lowest BCUT2D eigenvalue weighted by Crippen LogP contribution is -2.46. The number of para-hydroxylation sites is 1. The number of carbonyl (C=O) groups excluding carboxylic acids is 3. The van der Waals surface area contributed by atoms with Gasteiger partial charge in [0, 0.05) is 52.8 Å². The molecule has 11 nitrogen and oxygen atoms in total. The number of nitrogens with one attached hydrogen (secondary N) is 1. The molecule has 1 heterocycles. The van der Waals surface area contributed by atoms with E-state index in [4.69, 9.17) is 35.7 Å². The molecule has 3 aromatic carbocycles. The summed E-state index contributed by atoms with van der Waals surface area (Å²) >= 11 is 6.52. The average Bonchev–Trinajstić information content (AvgIpc) is 3.13. The van der Waals surface area contributed by atoms with Crippen molar-refractivity contribution >= 4 is 46.7 Å². The zero-order valence-corrected chi connectivity index (χ0v) is 28.7. The number of rotatable bonds is 13. The third-order valence-corrected chi connectivity index (χ3v) is 8.17. The normalized spacial score (nSPS) is 16.1. The van der Waals surface area contributed by atoms with Gasteiger partial charge in [0.15, 0.2) is 11.5 Å². The van der Waals surface area contributed by atoms with Crippen molar-refractivity contribution < 1.29 is 43.2 Å². The van der Waals surface area contributed by atoms with E-state index in [0.717, 1.165) is 11.1 Å². The molecule has 2 amide bonds. The maximum Gasteiger partial charge on any atom is 0.303 e. The van der Waals surface area contributed by atoms with Gasteiger partial charge in [0.2, 0.25) is 5.91 Å². The molecule has 4 rings (SSSR count). The molecule has 0 aliphatic carbocycles. The number of carbonyl (C=O) groups is 4. The lowest BCUT2D eigenvalue weighted by atomic mass is 9.92. The second-order valence-corrected chi connectivity index (χ2v) is 12.9. The first kappa shape index (κ1) is 36.2. The summed E-state index contributed by atoms with van der Waals surface area (Å²) in [5.74, 6) is -1.41. The summed E-state index contributed by atoms with van der Waals surface area (Å²) in [5.41, 5.74) is 3.07. The molecule has 0 aromatic heterocycles. The first-order chi connectivity index (χ1) is 22.7. The van der Waals surface area contributed by atoms with Crippen molar-refractivity contribution in [1.29, 1.82) is 0 Å². The van der Waals surface area contributed by atoms with Crippen LogP contribution in [0.25, 0.3) is 0 Å². The van der Waals surface area contributed by atoms with Crippen LogP contribution < -0.4 is 19.7 Å². The highest BCUT2D eigenvalue weighted by atomic mass is 35.5. The van der Waals surface area contributed by atoms with Gasteiger partial charge in [-0.2, -0.15) is 0 Å². The molecule has 0 saturated carbocycles. The largest absolute Gasteiger partial charge is 0.493 e. The van der Waals surface area contributed by atoms with E-state index in [1.54, 1.807) is 53.4 Å². The molecule has 0 fully saturated rings. The van der Waals surface area contributed by atoms with Crippen LogP contribution in [0.5, 0.6) is 11.5 Å². The highest BCUT2D eigenvalue weighted by molar-refractivity contribution is 6.30. The number of carboxylic acid groups (broad SMARTS) is 1. The van der Waals surface area contributed by atoms with Gasteiger partial charge < -0.3 is 34.3 Å². The highest BCUT2D eigenvalue weighted by Gasteiger charge is 2.41. The maximum atomic E-state index is 14.5. The number of halogens is 1. The molecule has 0 bridgehead atoms. The first-order valence-electron chi connectivity index (χ1n) is 15.4. The van der Waals surface area contributed by atoms with E-state index in [1.807, 2.05) is 26.8 Å². The van der Waals surface area contributed by atoms with Crippen LogP contribution in [-0.4, -0.2) is 62.3 Å². The molecule has 48 heavy (non-hydrogen) atoms. The van der Waals surface area contributed by atoms with E-state index < -0.39 is 41.4 Å². The fraction of sp³-hybridized carbons (Fsp3) is 0.389. The van der Waals surface area contributed by atoms with E-state index in [-0.39, 0.29) is 26.0 Å². The molecular formula is C36H41ClN2O9. The fourth-order valence-corrected chi connectivity index (χ4v) is 5.82. The van der Waals surface area contributed by atoms with Crippen molar-refractivity contribution in [3.05, 3.63) is 81.9 Å². The number of amides is 2. The van der Waals surface area contributed by atoms with Crippen LogP contribution in [0.1, 0.15) is 62.0 Å². The Morgan fingerprint density at radius 2 is 1.79 bits per heavy atom. The SMILES string of the molecule is COc1cccc(C2OC(CC(=O)Nc3ccc(CCC(=O)O)cc3C)C(=O)N(CC(C)(C)COC(C)=O)c3ccc(Cl)cc32)c1OC. The van der Waals surface area contributed by atoms with Gasteiger partial charge in [-0.15, -0.1) is 0 Å². The quantitative estimate of drug-likeness (QED) is 0.204. The summed E-state index contributed by atoms with van der Waals surface area (Å²) in [7, 11) is 3.02. The number of nitrogens with zero attached hydrogens (tertiary/aromatic N) is 1. The van der Waals surface area contributed by atoms with E-state index >= 15 is 0 Å². The van der Waals surface area contributed by atoms with Gasteiger partial charge >= 0.3 is 11.9 Å². The first-order valence-corrected chi connectivity index (χ1v) is 15.8. The van der Waals surface area contributed by atoms with Crippen molar-refractivity contribution in [2.24, 2.45) is 5.41 Å². The summed E-state index contributed by atoms with van der Waals surface area (Å²) in [4.78, 5) is 52.3. The summed E-state index contributed by atoms with van der Waals surface area (Å²) < 4.78 is 23.2. The number of carboxylic acids is 1. The molecular weight excluding hydrogens is 640 g/mol. The minimum absolute atomic E-state index is 0.00665. The number of benzene rings is 3. The molecule has 3 aromatic rings. The molecule has 2 unspecified atom stereocenters. The second-order valence-electron chi connectivity index (χ2n) is 12.5. The number of methoxy groups -OCH3 is 2. The second kappa shape index (κ2) is 15.5.